The van der Waals surface area contributed by atoms with Gasteiger partial charge in [0.25, 0.3) is 0 Å². The van der Waals surface area contributed by atoms with Gasteiger partial charge in [0.1, 0.15) is 11.3 Å². The largest absolute Gasteiger partial charge is 0.507 e. The van der Waals surface area contributed by atoms with E-state index in [4.69, 9.17) is 5.11 Å². The van der Waals surface area contributed by atoms with Crippen LogP contribution >= 0.6 is 0 Å². The van der Waals surface area contributed by atoms with E-state index in [0.717, 1.165) is 12.1 Å². The minimum absolute atomic E-state index is 0.137. The molecule has 0 bridgehead atoms. The number of nitrogens with zero attached hydrogens (tertiary/aromatic N) is 1. The van der Waals surface area contributed by atoms with E-state index in [-0.39, 0.29) is 10.9 Å². The van der Waals surface area contributed by atoms with E-state index < -0.39 is 27.3 Å². The third kappa shape index (κ3) is 3.10. The molecule has 0 aliphatic rings. The Balaban J connectivity index is 3.29. The number of carboxylic acid groups (broad SMARTS) is 1. The van der Waals surface area contributed by atoms with Gasteiger partial charge in [0.15, 0.2) is 0 Å². The maximum Gasteiger partial charge on any atom is 0.339 e. The molecule has 0 aliphatic heterocycles. The molecule has 0 aliphatic carbocycles. The summed E-state index contributed by atoms with van der Waals surface area (Å²) in [5.74, 6) is -1.83. The first-order valence-corrected chi connectivity index (χ1v) is 7.74. The lowest BCUT2D eigenvalue weighted by molar-refractivity contribution is 0.0693. The first kappa shape index (κ1) is 16.5. The molecule has 0 atom stereocenters. The number of carbonyl (C=O) groups is 1. The molecule has 0 aromatic heterocycles. The molecule has 2 N–H and O–H groups in total. The molecular weight excluding hydrogens is 282 g/mol. The molecule has 0 spiro atoms. The van der Waals surface area contributed by atoms with Crippen LogP contribution in [0.5, 0.6) is 5.75 Å². The fourth-order valence-corrected chi connectivity index (χ4v) is 3.54. The second-order valence-corrected chi connectivity index (χ2v) is 6.47. The molecule has 0 saturated carbocycles. The predicted molar refractivity (Wildman–Crippen MR) is 74.4 cm³/mol. The Bertz CT molecular complexity index is 593. The van der Waals surface area contributed by atoms with Gasteiger partial charge in [0.05, 0.1) is 4.90 Å². The van der Waals surface area contributed by atoms with Gasteiger partial charge in [0, 0.05) is 13.1 Å². The number of hydrogen-bond donors (Lipinski definition) is 2. The lowest BCUT2D eigenvalue weighted by atomic mass is 10.2. The monoisotopic (exact) mass is 301 g/mol. The van der Waals surface area contributed by atoms with Crippen LogP contribution in [0.2, 0.25) is 0 Å². The van der Waals surface area contributed by atoms with Crippen LogP contribution in [0.3, 0.4) is 0 Å². The number of benzene rings is 1. The third-order valence-electron chi connectivity index (χ3n) is 3.33. The molecule has 1 aromatic rings. The van der Waals surface area contributed by atoms with Crippen molar-refractivity contribution in [2.75, 3.05) is 7.05 Å². The summed E-state index contributed by atoms with van der Waals surface area (Å²) in [6.45, 7) is 3.78. The molecule has 0 fully saturated rings. The van der Waals surface area contributed by atoms with Crippen molar-refractivity contribution in [2.45, 2.75) is 37.6 Å². The summed E-state index contributed by atoms with van der Waals surface area (Å²) in [4.78, 5) is 10.8. The van der Waals surface area contributed by atoms with E-state index in [2.05, 4.69) is 0 Å². The van der Waals surface area contributed by atoms with E-state index in [1.807, 2.05) is 13.8 Å². The highest BCUT2D eigenvalue weighted by Crippen LogP contribution is 2.25. The second-order valence-electron chi connectivity index (χ2n) is 4.48. The summed E-state index contributed by atoms with van der Waals surface area (Å²) in [5.41, 5.74) is -0.427. The number of hydrogen-bond acceptors (Lipinski definition) is 4. The van der Waals surface area contributed by atoms with Crippen LogP contribution in [0.1, 0.15) is 37.0 Å². The van der Waals surface area contributed by atoms with E-state index in [0.29, 0.717) is 12.8 Å². The number of rotatable bonds is 6. The number of phenols is 1. The van der Waals surface area contributed by atoms with Gasteiger partial charge < -0.3 is 10.2 Å². The molecule has 1 rings (SSSR count). The van der Waals surface area contributed by atoms with Crippen molar-refractivity contribution in [2.24, 2.45) is 0 Å². The van der Waals surface area contributed by atoms with Crippen LogP contribution in [0.15, 0.2) is 23.1 Å². The summed E-state index contributed by atoms with van der Waals surface area (Å²) in [7, 11) is -2.30. The standard InChI is InChI=1S/C13H19NO5S/c1-4-9(5-2)14(3)20(18,19)10-6-7-12(15)11(8-10)13(16)17/h6-9,15H,4-5H2,1-3H3,(H,16,17). The number of aromatic carboxylic acids is 1. The van der Waals surface area contributed by atoms with Gasteiger partial charge in [-0.25, -0.2) is 13.2 Å². The zero-order valence-electron chi connectivity index (χ0n) is 11.7. The van der Waals surface area contributed by atoms with Crippen molar-refractivity contribution in [3.63, 3.8) is 0 Å². The average Bonchev–Trinajstić information content (AvgIpc) is 2.39. The van der Waals surface area contributed by atoms with E-state index >= 15 is 0 Å². The Morgan fingerprint density at radius 3 is 2.30 bits per heavy atom. The third-order valence-corrected chi connectivity index (χ3v) is 5.24. The highest BCUT2D eigenvalue weighted by atomic mass is 32.2. The number of aromatic hydroxyl groups is 1. The first-order chi connectivity index (χ1) is 9.25. The Morgan fingerprint density at radius 1 is 1.30 bits per heavy atom. The van der Waals surface area contributed by atoms with E-state index in [1.165, 1.54) is 17.4 Å². The highest BCUT2D eigenvalue weighted by Gasteiger charge is 2.27. The molecule has 112 valence electrons. The lowest BCUT2D eigenvalue weighted by Crippen LogP contribution is -2.36. The topological polar surface area (TPSA) is 94.9 Å². The number of sulfonamides is 1. The maximum atomic E-state index is 12.4. The van der Waals surface area contributed by atoms with E-state index in [1.54, 1.807) is 0 Å². The Morgan fingerprint density at radius 2 is 1.85 bits per heavy atom. The molecule has 0 saturated heterocycles. The quantitative estimate of drug-likeness (QED) is 0.836. The Labute approximate surface area is 118 Å². The van der Waals surface area contributed by atoms with Gasteiger partial charge >= 0.3 is 5.97 Å². The Kier molecular flexibility index (Phi) is 5.13. The Hall–Kier alpha value is -1.60. The highest BCUT2D eigenvalue weighted by molar-refractivity contribution is 7.89. The minimum atomic E-state index is -3.78. The normalized spacial score (nSPS) is 12.1. The fourth-order valence-electron chi connectivity index (χ4n) is 2.01. The summed E-state index contributed by atoms with van der Waals surface area (Å²) < 4.78 is 26.1. The zero-order chi connectivity index (χ0) is 15.5. The van der Waals surface area contributed by atoms with Crippen molar-refractivity contribution >= 4 is 16.0 Å². The van der Waals surface area contributed by atoms with Crippen LogP contribution < -0.4 is 0 Å². The molecule has 0 radical (unpaired) electrons. The van der Waals surface area contributed by atoms with Crippen LogP contribution in [-0.2, 0) is 10.0 Å². The first-order valence-electron chi connectivity index (χ1n) is 6.30. The van der Waals surface area contributed by atoms with Gasteiger partial charge in [-0.3, -0.25) is 0 Å². The van der Waals surface area contributed by atoms with Crippen LogP contribution in [0.4, 0.5) is 0 Å². The molecule has 7 heteroatoms. The number of carboxylic acids is 1. The molecule has 6 nitrogen and oxygen atoms in total. The van der Waals surface area contributed by atoms with Crippen LogP contribution in [0.25, 0.3) is 0 Å². The van der Waals surface area contributed by atoms with E-state index in [9.17, 15) is 18.3 Å². The average molecular weight is 301 g/mol. The summed E-state index contributed by atoms with van der Waals surface area (Å²) in [5, 5.41) is 18.3. The van der Waals surface area contributed by atoms with Crippen molar-refractivity contribution in [1.29, 1.82) is 0 Å². The lowest BCUT2D eigenvalue weighted by Gasteiger charge is -2.25. The molecule has 0 unspecified atom stereocenters. The van der Waals surface area contributed by atoms with Crippen molar-refractivity contribution in [3.8, 4) is 5.75 Å². The second kappa shape index (κ2) is 6.23. The van der Waals surface area contributed by atoms with Gasteiger partial charge in [-0.05, 0) is 31.0 Å². The summed E-state index contributed by atoms with van der Waals surface area (Å²) in [6.07, 6.45) is 1.33. The van der Waals surface area contributed by atoms with Gasteiger partial charge in [-0.15, -0.1) is 0 Å². The van der Waals surface area contributed by atoms with Gasteiger partial charge in [-0.2, -0.15) is 4.31 Å². The molecule has 0 amide bonds. The maximum absolute atomic E-state index is 12.4. The van der Waals surface area contributed by atoms with Crippen molar-refractivity contribution in [1.82, 2.24) is 4.31 Å². The van der Waals surface area contributed by atoms with Gasteiger partial charge in [-0.1, -0.05) is 13.8 Å². The van der Waals surface area contributed by atoms with Crippen LogP contribution in [0, 0.1) is 0 Å². The zero-order valence-corrected chi connectivity index (χ0v) is 12.5. The van der Waals surface area contributed by atoms with Crippen molar-refractivity contribution in [3.05, 3.63) is 23.8 Å². The minimum Gasteiger partial charge on any atom is -0.507 e. The smallest absolute Gasteiger partial charge is 0.339 e. The molecular formula is C13H19NO5S. The predicted octanol–water partition coefficient (Wildman–Crippen LogP) is 1.90. The summed E-state index contributed by atoms with van der Waals surface area (Å²) in [6, 6.07) is 3.11. The molecule has 0 heterocycles. The molecule has 1 aromatic carbocycles. The SMILES string of the molecule is CCC(CC)N(C)S(=O)(=O)c1ccc(O)c(C(=O)O)c1. The van der Waals surface area contributed by atoms with Crippen LogP contribution in [-0.4, -0.2) is 42.0 Å². The van der Waals surface area contributed by atoms with Crippen molar-refractivity contribution < 1.29 is 23.4 Å². The molecule has 20 heavy (non-hydrogen) atoms. The fraction of sp³-hybridized carbons (Fsp3) is 0.462. The van der Waals surface area contributed by atoms with Gasteiger partial charge in [0.2, 0.25) is 10.0 Å². The summed E-state index contributed by atoms with van der Waals surface area (Å²) >= 11 is 0.